The van der Waals surface area contributed by atoms with Crippen LogP contribution in [-0.2, 0) is 9.84 Å². The van der Waals surface area contributed by atoms with E-state index >= 15 is 0 Å². The van der Waals surface area contributed by atoms with E-state index in [0.29, 0.717) is 6.42 Å². The van der Waals surface area contributed by atoms with Gasteiger partial charge in [0.25, 0.3) is 0 Å². The summed E-state index contributed by atoms with van der Waals surface area (Å²) in [6.07, 6.45) is 0.538. The third kappa shape index (κ3) is 2.64. The Kier molecular flexibility index (Phi) is 3.85. The van der Waals surface area contributed by atoms with Crippen molar-refractivity contribution in [1.82, 2.24) is 0 Å². The monoisotopic (exact) mass is 167 g/mol. The van der Waals surface area contributed by atoms with Gasteiger partial charge < -0.3 is 10.8 Å². The summed E-state index contributed by atoms with van der Waals surface area (Å²) < 4.78 is 21.8. The average Bonchev–Trinajstić information content (AvgIpc) is 1.86. The number of aliphatic hydroxyl groups is 1. The van der Waals surface area contributed by atoms with E-state index in [-0.39, 0.29) is 5.75 Å². The summed E-state index contributed by atoms with van der Waals surface area (Å²) in [5.74, 6) is 0.0503. The van der Waals surface area contributed by atoms with E-state index in [9.17, 15) is 8.42 Å². The quantitative estimate of drug-likeness (QED) is 0.568. The molecule has 0 aromatic rings. The van der Waals surface area contributed by atoms with Crippen LogP contribution in [0.3, 0.4) is 0 Å². The smallest absolute Gasteiger partial charge is 0.168 e. The lowest BCUT2D eigenvalue weighted by Crippen LogP contribution is -2.35. The second-order valence-electron chi connectivity index (χ2n) is 2.09. The lowest BCUT2D eigenvalue weighted by Gasteiger charge is -2.07. The molecule has 0 aliphatic rings. The molecule has 0 heterocycles. The fourth-order valence-electron chi connectivity index (χ4n) is 0.549. The number of hydrogen-bond donors (Lipinski definition) is 2. The summed E-state index contributed by atoms with van der Waals surface area (Å²) in [5.41, 5.74) is 5.10. The van der Waals surface area contributed by atoms with Crippen molar-refractivity contribution in [3.8, 4) is 0 Å². The lowest BCUT2D eigenvalue weighted by molar-refractivity contribution is 0.292. The molecular weight excluding hydrogens is 154 g/mol. The molecule has 4 nitrogen and oxygen atoms in total. The Hall–Kier alpha value is -0.130. The van der Waals surface area contributed by atoms with Crippen molar-refractivity contribution in [1.29, 1.82) is 0 Å². The summed E-state index contributed by atoms with van der Waals surface area (Å²) in [6.45, 7) is 1.25. The highest BCUT2D eigenvalue weighted by molar-refractivity contribution is 7.91. The van der Waals surface area contributed by atoms with Crippen LogP contribution in [0.25, 0.3) is 0 Å². The maximum atomic E-state index is 10.9. The van der Waals surface area contributed by atoms with Crippen molar-refractivity contribution in [2.45, 2.75) is 18.7 Å². The predicted molar refractivity (Wildman–Crippen MR) is 39.1 cm³/mol. The van der Waals surface area contributed by atoms with Gasteiger partial charge in [0.15, 0.2) is 9.84 Å². The SMILES string of the molecule is CCCS(=O)(=O)C(N)CO. The van der Waals surface area contributed by atoms with Crippen molar-refractivity contribution in [3.05, 3.63) is 0 Å². The van der Waals surface area contributed by atoms with Gasteiger partial charge in [-0.15, -0.1) is 0 Å². The Morgan fingerprint density at radius 1 is 1.60 bits per heavy atom. The van der Waals surface area contributed by atoms with Crippen LogP contribution in [0.4, 0.5) is 0 Å². The van der Waals surface area contributed by atoms with Gasteiger partial charge in [-0.3, -0.25) is 0 Å². The standard InChI is InChI=1S/C5H13NO3S/c1-2-3-10(8,9)5(6)4-7/h5,7H,2-4,6H2,1H3. The van der Waals surface area contributed by atoms with Crippen LogP contribution >= 0.6 is 0 Å². The summed E-state index contributed by atoms with van der Waals surface area (Å²) >= 11 is 0. The highest BCUT2D eigenvalue weighted by Gasteiger charge is 2.18. The maximum absolute atomic E-state index is 10.9. The molecule has 0 amide bonds. The van der Waals surface area contributed by atoms with Gasteiger partial charge in [0.1, 0.15) is 5.37 Å². The Labute approximate surface area is 61.0 Å². The Morgan fingerprint density at radius 2 is 2.10 bits per heavy atom. The van der Waals surface area contributed by atoms with E-state index in [2.05, 4.69) is 0 Å². The van der Waals surface area contributed by atoms with Gasteiger partial charge in [-0.1, -0.05) is 6.92 Å². The van der Waals surface area contributed by atoms with Crippen LogP contribution in [0, 0.1) is 0 Å². The van der Waals surface area contributed by atoms with Gasteiger partial charge in [-0.2, -0.15) is 0 Å². The average molecular weight is 167 g/mol. The zero-order valence-corrected chi connectivity index (χ0v) is 6.76. The van der Waals surface area contributed by atoms with Crippen molar-refractivity contribution in [2.75, 3.05) is 12.4 Å². The second-order valence-corrected chi connectivity index (χ2v) is 4.43. The molecule has 62 valence electrons. The molecule has 1 atom stereocenters. The fourth-order valence-corrected chi connectivity index (χ4v) is 1.65. The van der Waals surface area contributed by atoms with Crippen LogP contribution < -0.4 is 5.73 Å². The van der Waals surface area contributed by atoms with E-state index in [0.717, 1.165) is 0 Å². The summed E-state index contributed by atoms with van der Waals surface area (Å²) in [6, 6.07) is 0. The van der Waals surface area contributed by atoms with Gasteiger partial charge in [-0.05, 0) is 6.42 Å². The van der Waals surface area contributed by atoms with Crippen molar-refractivity contribution < 1.29 is 13.5 Å². The maximum Gasteiger partial charge on any atom is 0.168 e. The minimum Gasteiger partial charge on any atom is -0.394 e. The van der Waals surface area contributed by atoms with Crippen LogP contribution in [0.1, 0.15) is 13.3 Å². The zero-order chi connectivity index (χ0) is 8.20. The molecule has 0 spiro atoms. The topological polar surface area (TPSA) is 80.4 Å². The van der Waals surface area contributed by atoms with E-state index in [4.69, 9.17) is 10.8 Å². The Balaban J connectivity index is 4.12. The molecule has 0 fully saturated rings. The molecule has 0 aromatic heterocycles. The van der Waals surface area contributed by atoms with E-state index < -0.39 is 21.8 Å². The molecule has 10 heavy (non-hydrogen) atoms. The molecule has 0 bridgehead atoms. The molecule has 0 aromatic carbocycles. The summed E-state index contributed by atoms with van der Waals surface area (Å²) in [5, 5.41) is 7.29. The molecule has 0 saturated carbocycles. The first-order valence-electron chi connectivity index (χ1n) is 3.12. The Bertz CT molecular complexity index is 175. The molecule has 3 N–H and O–H groups in total. The van der Waals surface area contributed by atoms with Gasteiger partial charge in [0, 0.05) is 0 Å². The molecule has 0 saturated heterocycles. The van der Waals surface area contributed by atoms with Gasteiger partial charge in [0.05, 0.1) is 12.4 Å². The number of rotatable bonds is 4. The molecule has 0 aliphatic heterocycles. The van der Waals surface area contributed by atoms with Crippen molar-refractivity contribution in [3.63, 3.8) is 0 Å². The van der Waals surface area contributed by atoms with Crippen molar-refractivity contribution >= 4 is 9.84 Å². The third-order valence-corrected chi connectivity index (χ3v) is 3.18. The number of sulfone groups is 1. The molecule has 0 radical (unpaired) electrons. The highest BCUT2D eigenvalue weighted by Crippen LogP contribution is 1.97. The molecule has 0 aliphatic carbocycles. The predicted octanol–water partition coefficient (Wildman–Crippen LogP) is -0.912. The van der Waals surface area contributed by atoms with Crippen LogP contribution in [0.15, 0.2) is 0 Å². The van der Waals surface area contributed by atoms with Crippen LogP contribution in [-0.4, -0.2) is 31.3 Å². The van der Waals surface area contributed by atoms with Gasteiger partial charge >= 0.3 is 0 Å². The van der Waals surface area contributed by atoms with Crippen LogP contribution in [0.5, 0.6) is 0 Å². The Morgan fingerprint density at radius 3 is 2.40 bits per heavy atom. The molecule has 5 heteroatoms. The number of hydrogen-bond acceptors (Lipinski definition) is 4. The minimum atomic E-state index is -3.23. The number of nitrogens with two attached hydrogens (primary N) is 1. The number of aliphatic hydroxyl groups excluding tert-OH is 1. The highest BCUT2D eigenvalue weighted by atomic mass is 32.2. The van der Waals surface area contributed by atoms with Crippen molar-refractivity contribution in [2.24, 2.45) is 5.73 Å². The second kappa shape index (κ2) is 3.90. The van der Waals surface area contributed by atoms with E-state index in [1.165, 1.54) is 0 Å². The first-order chi connectivity index (χ1) is 4.54. The summed E-state index contributed by atoms with van der Waals surface area (Å²) in [4.78, 5) is 0. The first kappa shape index (κ1) is 9.87. The van der Waals surface area contributed by atoms with Crippen LogP contribution in [0.2, 0.25) is 0 Å². The molecular formula is C5H13NO3S. The lowest BCUT2D eigenvalue weighted by atomic mass is 10.6. The van der Waals surface area contributed by atoms with Gasteiger partial charge in [-0.25, -0.2) is 8.42 Å². The third-order valence-electron chi connectivity index (χ3n) is 1.13. The molecule has 0 rings (SSSR count). The first-order valence-corrected chi connectivity index (χ1v) is 4.84. The summed E-state index contributed by atoms with van der Waals surface area (Å²) in [7, 11) is -3.23. The minimum absolute atomic E-state index is 0.0503. The largest absolute Gasteiger partial charge is 0.394 e. The van der Waals surface area contributed by atoms with E-state index in [1.54, 1.807) is 6.92 Å². The van der Waals surface area contributed by atoms with Gasteiger partial charge in [0.2, 0.25) is 0 Å². The zero-order valence-electron chi connectivity index (χ0n) is 5.95. The normalized spacial score (nSPS) is 15.1. The molecule has 1 unspecified atom stereocenters. The fraction of sp³-hybridized carbons (Fsp3) is 1.00. The van der Waals surface area contributed by atoms with E-state index in [1.807, 2.05) is 0 Å².